The number of halogens is 3. The van der Waals surface area contributed by atoms with Crippen LogP contribution in [-0.4, -0.2) is 34.5 Å². The Bertz CT molecular complexity index is 442. The molecule has 1 unspecified atom stereocenters. The third kappa shape index (κ3) is 4.72. The summed E-state index contributed by atoms with van der Waals surface area (Å²) in [5, 5.41) is 1.92. The number of ether oxygens (including phenoxy) is 1. The van der Waals surface area contributed by atoms with Gasteiger partial charge in [-0.25, -0.2) is 14.5 Å². The van der Waals surface area contributed by atoms with E-state index in [1.165, 1.54) is 0 Å². The second-order valence-corrected chi connectivity index (χ2v) is 5.43. The first-order valence-electron chi connectivity index (χ1n) is 5.71. The molecule has 9 heteroatoms. The second kappa shape index (κ2) is 4.97. The highest BCUT2D eigenvalue weighted by atomic mass is 19.4. The van der Waals surface area contributed by atoms with Crippen molar-refractivity contribution in [3.63, 3.8) is 0 Å². The van der Waals surface area contributed by atoms with Crippen LogP contribution in [0.25, 0.3) is 0 Å². The Hall–Kier alpha value is -1.77. The van der Waals surface area contributed by atoms with E-state index in [-0.39, 0.29) is 0 Å². The van der Waals surface area contributed by atoms with Gasteiger partial charge in [0.25, 0.3) is 0 Å². The van der Waals surface area contributed by atoms with Gasteiger partial charge in [0.05, 0.1) is 6.42 Å². The number of carbonyl (C=O) groups excluding carboxylic acids is 2. The van der Waals surface area contributed by atoms with Crippen molar-refractivity contribution >= 4 is 12.1 Å². The zero-order valence-electron chi connectivity index (χ0n) is 11.2. The number of nitrogens with one attached hydrogen (secondary N) is 1. The van der Waals surface area contributed by atoms with Crippen molar-refractivity contribution in [2.75, 3.05) is 0 Å². The highest BCUT2D eigenvalue weighted by molar-refractivity contribution is 5.93. The zero-order chi connectivity index (χ0) is 15.8. The lowest BCUT2D eigenvalue weighted by atomic mass is 10.1. The van der Waals surface area contributed by atoms with E-state index in [1.807, 2.05) is 5.32 Å². The molecule has 1 atom stereocenters. The first-order chi connectivity index (χ1) is 8.81. The van der Waals surface area contributed by atoms with Crippen molar-refractivity contribution in [3.05, 3.63) is 12.3 Å². The molecule has 0 bridgehead atoms. The SMILES string of the molecule is CC(C)(C)OC(=O)N1C=CC(N)(CC(F)(F)F)NC1=O. The lowest BCUT2D eigenvalue weighted by Gasteiger charge is -2.34. The Kier molecular flexibility index (Phi) is 4.04. The van der Waals surface area contributed by atoms with E-state index in [4.69, 9.17) is 10.5 Å². The van der Waals surface area contributed by atoms with Gasteiger partial charge in [0.2, 0.25) is 0 Å². The minimum Gasteiger partial charge on any atom is -0.443 e. The fourth-order valence-electron chi connectivity index (χ4n) is 1.47. The molecular weight excluding hydrogens is 279 g/mol. The molecule has 0 saturated carbocycles. The Morgan fingerprint density at radius 2 is 2.00 bits per heavy atom. The molecule has 0 spiro atoms. The van der Waals surface area contributed by atoms with Gasteiger partial charge in [0.15, 0.2) is 0 Å². The molecule has 0 saturated heterocycles. The first-order valence-corrected chi connectivity index (χ1v) is 5.71. The number of rotatable bonds is 1. The van der Waals surface area contributed by atoms with Crippen molar-refractivity contribution < 1.29 is 27.5 Å². The van der Waals surface area contributed by atoms with Gasteiger partial charge in [-0.1, -0.05) is 0 Å². The number of hydrogen-bond donors (Lipinski definition) is 2. The van der Waals surface area contributed by atoms with Gasteiger partial charge in [0.1, 0.15) is 11.3 Å². The minimum atomic E-state index is -4.56. The molecule has 3 amide bonds. The predicted molar refractivity (Wildman–Crippen MR) is 63.3 cm³/mol. The average Bonchev–Trinajstić information content (AvgIpc) is 2.09. The average molecular weight is 295 g/mol. The van der Waals surface area contributed by atoms with Crippen LogP contribution in [0.15, 0.2) is 12.3 Å². The van der Waals surface area contributed by atoms with Gasteiger partial charge in [0, 0.05) is 6.20 Å². The van der Waals surface area contributed by atoms with E-state index < -0.39 is 36.0 Å². The van der Waals surface area contributed by atoms with E-state index in [9.17, 15) is 22.8 Å². The summed E-state index contributed by atoms with van der Waals surface area (Å²) in [5.41, 5.74) is 2.49. The number of urea groups is 1. The van der Waals surface area contributed by atoms with Gasteiger partial charge in [-0.3, -0.25) is 0 Å². The third-order valence-corrected chi connectivity index (χ3v) is 2.16. The van der Waals surface area contributed by atoms with Gasteiger partial charge in [-0.15, -0.1) is 0 Å². The molecule has 1 rings (SSSR count). The quantitative estimate of drug-likeness (QED) is 0.775. The Morgan fingerprint density at radius 1 is 1.45 bits per heavy atom. The van der Waals surface area contributed by atoms with Crippen LogP contribution < -0.4 is 11.1 Å². The maximum Gasteiger partial charge on any atom is 0.422 e. The highest BCUT2D eigenvalue weighted by Gasteiger charge is 2.43. The number of carbonyl (C=O) groups is 2. The number of hydrogen-bond acceptors (Lipinski definition) is 4. The number of nitrogens with two attached hydrogens (primary N) is 1. The first kappa shape index (κ1) is 16.3. The predicted octanol–water partition coefficient (Wildman–Crippen LogP) is 2.07. The van der Waals surface area contributed by atoms with Gasteiger partial charge in [-0.2, -0.15) is 13.2 Å². The summed E-state index contributed by atoms with van der Waals surface area (Å²) in [7, 11) is 0. The molecule has 0 fully saturated rings. The maximum absolute atomic E-state index is 12.3. The molecule has 0 aliphatic carbocycles. The van der Waals surface area contributed by atoms with Crippen LogP contribution in [0.2, 0.25) is 0 Å². The summed E-state index contributed by atoms with van der Waals surface area (Å²) in [6.45, 7) is 4.77. The van der Waals surface area contributed by atoms with Crippen molar-refractivity contribution in [3.8, 4) is 0 Å². The number of nitrogens with zero attached hydrogens (tertiary/aromatic N) is 1. The van der Waals surface area contributed by atoms with E-state index in [0.29, 0.717) is 4.90 Å². The summed E-state index contributed by atoms with van der Waals surface area (Å²) >= 11 is 0. The second-order valence-electron chi connectivity index (χ2n) is 5.43. The smallest absolute Gasteiger partial charge is 0.422 e. The molecule has 6 nitrogen and oxygen atoms in total. The normalized spacial score (nSPS) is 23.6. The summed E-state index contributed by atoms with van der Waals surface area (Å²) in [6, 6.07) is -1.08. The van der Waals surface area contributed by atoms with Gasteiger partial charge >= 0.3 is 18.3 Å². The van der Waals surface area contributed by atoms with E-state index in [0.717, 1.165) is 12.3 Å². The molecule has 0 aromatic heterocycles. The largest absolute Gasteiger partial charge is 0.443 e. The molecule has 0 radical (unpaired) electrons. The summed E-state index contributed by atoms with van der Waals surface area (Å²) in [5.74, 6) is 0. The van der Waals surface area contributed by atoms with Crippen molar-refractivity contribution in [2.24, 2.45) is 5.73 Å². The van der Waals surface area contributed by atoms with Crippen molar-refractivity contribution in [2.45, 2.75) is 44.6 Å². The fraction of sp³-hybridized carbons (Fsp3) is 0.636. The summed E-state index contributed by atoms with van der Waals surface area (Å²) < 4.78 is 41.9. The van der Waals surface area contributed by atoms with Crippen LogP contribution in [0.3, 0.4) is 0 Å². The Balaban J connectivity index is 2.83. The van der Waals surface area contributed by atoms with Crippen molar-refractivity contribution in [1.29, 1.82) is 0 Å². The number of imide groups is 1. The highest BCUT2D eigenvalue weighted by Crippen LogP contribution is 2.27. The molecule has 0 aromatic carbocycles. The lowest BCUT2D eigenvalue weighted by Crippen LogP contribution is -2.62. The van der Waals surface area contributed by atoms with Crippen LogP contribution in [0.4, 0.5) is 22.8 Å². The molecular formula is C11H16F3N3O3. The Morgan fingerprint density at radius 3 is 2.40 bits per heavy atom. The van der Waals surface area contributed by atoms with Crippen LogP contribution in [-0.2, 0) is 4.74 Å². The van der Waals surface area contributed by atoms with E-state index in [2.05, 4.69) is 0 Å². The van der Waals surface area contributed by atoms with Crippen LogP contribution >= 0.6 is 0 Å². The van der Waals surface area contributed by atoms with Gasteiger partial charge < -0.3 is 15.8 Å². The summed E-state index contributed by atoms with van der Waals surface area (Å²) in [4.78, 5) is 23.8. The molecule has 0 aromatic rings. The maximum atomic E-state index is 12.3. The van der Waals surface area contributed by atoms with Crippen LogP contribution in [0.5, 0.6) is 0 Å². The standard InChI is InChI=1S/C11H16F3N3O3/c1-9(2,3)20-8(19)17-5-4-10(15,16-7(17)18)6-11(12,13)14/h4-5H,6,15H2,1-3H3,(H,16,18). The number of alkyl halides is 3. The molecule has 1 heterocycles. The fourth-order valence-corrected chi connectivity index (χ4v) is 1.47. The molecule has 20 heavy (non-hydrogen) atoms. The van der Waals surface area contributed by atoms with E-state index in [1.54, 1.807) is 20.8 Å². The molecule has 1 aliphatic heterocycles. The zero-order valence-corrected chi connectivity index (χ0v) is 11.2. The monoisotopic (exact) mass is 295 g/mol. The number of amides is 3. The molecule has 3 N–H and O–H groups in total. The minimum absolute atomic E-state index is 0.521. The molecule has 114 valence electrons. The van der Waals surface area contributed by atoms with E-state index >= 15 is 0 Å². The summed E-state index contributed by atoms with van der Waals surface area (Å²) in [6.07, 6.45) is -5.23. The topological polar surface area (TPSA) is 84.7 Å². The lowest BCUT2D eigenvalue weighted by molar-refractivity contribution is -0.145. The van der Waals surface area contributed by atoms with Crippen molar-refractivity contribution in [1.82, 2.24) is 10.2 Å². The van der Waals surface area contributed by atoms with Gasteiger partial charge in [-0.05, 0) is 26.8 Å². The Labute approximate surface area is 113 Å². The van der Waals surface area contributed by atoms with Crippen LogP contribution in [0.1, 0.15) is 27.2 Å². The van der Waals surface area contributed by atoms with Crippen LogP contribution in [0, 0.1) is 0 Å². The third-order valence-electron chi connectivity index (χ3n) is 2.16. The molecule has 1 aliphatic rings.